The molecule has 0 saturated heterocycles. The molecule has 0 N–H and O–H groups in total. The third-order valence-corrected chi connectivity index (χ3v) is 15.3. The second kappa shape index (κ2) is 15.2. The van der Waals surface area contributed by atoms with Gasteiger partial charge in [0.25, 0.3) is 0 Å². The van der Waals surface area contributed by atoms with Gasteiger partial charge in [-0.3, -0.25) is 0 Å². The van der Waals surface area contributed by atoms with Crippen molar-refractivity contribution in [1.82, 2.24) is 0 Å². The lowest BCUT2D eigenvalue weighted by atomic mass is 9.84. The molecular weight excluding hydrogens is 841 g/mol. The van der Waals surface area contributed by atoms with Gasteiger partial charge in [0.2, 0.25) is 0 Å². The molecule has 0 fully saturated rings. The van der Waals surface area contributed by atoms with Crippen LogP contribution in [-0.2, 0) is 0 Å². The molecule has 0 unspecified atom stereocenters. The number of rotatable bonds is 6. The molecule has 0 atom stereocenters. The molecule has 15 aromatic rings. The van der Waals surface area contributed by atoms with Crippen molar-refractivity contribution in [1.29, 1.82) is 0 Å². The Morgan fingerprint density at radius 3 is 1.17 bits per heavy atom. The summed E-state index contributed by atoms with van der Waals surface area (Å²) in [7, 11) is 0. The van der Waals surface area contributed by atoms with E-state index in [1.54, 1.807) is 0 Å². The predicted molar refractivity (Wildman–Crippen MR) is 301 cm³/mol. The van der Waals surface area contributed by atoms with Crippen LogP contribution < -0.4 is 0 Å². The Kier molecular flexibility index (Phi) is 8.46. The minimum atomic E-state index is 1.19. The highest BCUT2D eigenvalue weighted by molar-refractivity contribution is 6.28. The number of hydrogen-bond acceptors (Lipinski definition) is 0. The lowest BCUT2D eigenvalue weighted by Crippen LogP contribution is -1.93. The van der Waals surface area contributed by atoms with Crippen LogP contribution in [0.3, 0.4) is 0 Å². The van der Waals surface area contributed by atoms with E-state index in [0.717, 1.165) is 0 Å². The molecule has 15 aromatic carbocycles. The highest BCUT2D eigenvalue weighted by Crippen LogP contribution is 2.47. The van der Waals surface area contributed by atoms with Crippen LogP contribution in [0.2, 0.25) is 0 Å². The van der Waals surface area contributed by atoms with Crippen molar-refractivity contribution in [2.45, 2.75) is 0 Å². The van der Waals surface area contributed by atoms with Gasteiger partial charge in [0.1, 0.15) is 0 Å². The van der Waals surface area contributed by atoms with Crippen molar-refractivity contribution in [3.05, 3.63) is 255 Å². The van der Waals surface area contributed by atoms with E-state index in [1.165, 1.54) is 153 Å². The largest absolute Gasteiger partial charge is 0.0622 e. The zero-order valence-electron chi connectivity index (χ0n) is 38.2. The van der Waals surface area contributed by atoms with Gasteiger partial charge in [0, 0.05) is 0 Å². The van der Waals surface area contributed by atoms with E-state index < -0.39 is 0 Å². The van der Waals surface area contributed by atoms with Gasteiger partial charge in [0.05, 0.1) is 0 Å². The number of fused-ring (bicyclic) bond motifs is 2. The molecule has 0 heterocycles. The molecule has 0 saturated carbocycles. The molecule has 0 heteroatoms. The van der Waals surface area contributed by atoms with Crippen molar-refractivity contribution in [3.63, 3.8) is 0 Å². The minimum absolute atomic E-state index is 1.19. The molecule has 0 aliphatic carbocycles. The van der Waals surface area contributed by atoms with E-state index in [0.29, 0.717) is 0 Å². The summed E-state index contributed by atoms with van der Waals surface area (Å²) in [5, 5.41) is 20.4. The van der Waals surface area contributed by atoms with E-state index in [-0.39, 0.29) is 0 Å². The molecule has 0 bridgehead atoms. The first-order valence-corrected chi connectivity index (χ1v) is 24.4. The molecule has 70 heavy (non-hydrogen) atoms. The minimum Gasteiger partial charge on any atom is -0.0622 e. The van der Waals surface area contributed by atoms with Crippen molar-refractivity contribution in [3.8, 4) is 66.8 Å². The van der Waals surface area contributed by atoms with Crippen LogP contribution in [0.5, 0.6) is 0 Å². The van der Waals surface area contributed by atoms with Gasteiger partial charge in [-0.05, 0) is 189 Å². The second-order valence-electron chi connectivity index (χ2n) is 19.1. The average Bonchev–Trinajstić information content (AvgIpc) is 3.43. The predicted octanol–water partition coefficient (Wildman–Crippen LogP) is 19.8. The molecule has 322 valence electrons. The molecule has 0 aromatic heterocycles. The van der Waals surface area contributed by atoms with E-state index in [9.17, 15) is 0 Å². The molecule has 15 rings (SSSR count). The van der Waals surface area contributed by atoms with Gasteiger partial charge in [-0.15, -0.1) is 0 Å². The Labute approximate surface area is 405 Å². The maximum atomic E-state index is 2.48. The molecular formula is C70H42. The summed E-state index contributed by atoms with van der Waals surface area (Å²) >= 11 is 0. The van der Waals surface area contributed by atoms with Crippen molar-refractivity contribution >= 4 is 86.2 Å². The van der Waals surface area contributed by atoms with E-state index in [4.69, 9.17) is 0 Å². The average molecular weight is 883 g/mol. The highest BCUT2D eigenvalue weighted by atomic mass is 14.2. The van der Waals surface area contributed by atoms with Crippen LogP contribution >= 0.6 is 0 Å². The van der Waals surface area contributed by atoms with Gasteiger partial charge in [-0.2, -0.15) is 0 Å². The maximum Gasteiger partial charge on any atom is -0.00206 e. The molecule has 0 nitrogen and oxygen atoms in total. The smallest absolute Gasteiger partial charge is 0.00206 e. The van der Waals surface area contributed by atoms with Crippen LogP contribution in [0.1, 0.15) is 0 Å². The Balaban J connectivity index is 1.03. The molecule has 0 spiro atoms. The Morgan fingerprint density at radius 2 is 0.571 bits per heavy atom. The van der Waals surface area contributed by atoms with E-state index in [1.807, 2.05) is 0 Å². The van der Waals surface area contributed by atoms with Crippen LogP contribution in [0.25, 0.3) is 153 Å². The summed E-state index contributed by atoms with van der Waals surface area (Å²) in [6.07, 6.45) is 0. The lowest BCUT2D eigenvalue weighted by Gasteiger charge is -2.20. The monoisotopic (exact) mass is 882 g/mol. The topological polar surface area (TPSA) is 0 Å². The van der Waals surface area contributed by atoms with Crippen LogP contribution in [0, 0.1) is 0 Å². The summed E-state index contributed by atoms with van der Waals surface area (Å²) in [6, 6.07) is 95.6. The first-order chi connectivity index (χ1) is 34.7. The summed E-state index contributed by atoms with van der Waals surface area (Å²) in [5.41, 5.74) is 14.6. The number of benzene rings is 15. The van der Waals surface area contributed by atoms with Gasteiger partial charge in [-0.25, -0.2) is 0 Å². The Hall–Kier alpha value is -9.10. The molecule has 0 aliphatic heterocycles. The first kappa shape index (κ1) is 38.9. The quantitative estimate of drug-likeness (QED) is 0.146. The zero-order valence-corrected chi connectivity index (χ0v) is 38.2. The van der Waals surface area contributed by atoms with Crippen molar-refractivity contribution in [2.24, 2.45) is 0 Å². The highest BCUT2D eigenvalue weighted by Gasteiger charge is 2.20. The summed E-state index contributed by atoms with van der Waals surface area (Å²) < 4.78 is 0. The fraction of sp³-hybridized carbons (Fsp3) is 0. The van der Waals surface area contributed by atoms with Gasteiger partial charge >= 0.3 is 0 Å². The Morgan fingerprint density at radius 1 is 0.143 bits per heavy atom. The number of hydrogen-bond donors (Lipinski definition) is 0. The van der Waals surface area contributed by atoms with Crippen LogP contribution in [-0.4, -0.2) is 0 Å². The lowest BCUT2D eigenvalue weighted by molar-refractivity contribution is 1.60. The zero-order chi connectivity index (χ0) is 45.9. The summed E-state index contributed by atoms with van der Waals surface area (Å²) in [6.45, 7) is 0. The van der Waals surface area contributed by atoms with Crippen LogP contribution in [0.4, 0.5) is 0 Å². The molecule has 0 aliphatic rings. The van der Waals surface area contributed by atoms with Crippen molar-refractivity contribution < 1.29 is 0 Å². The van der Waals surface area contributed by atoms with Gasteiger partial charge in [0.15, 0.2) is 0 Å². The molecule has 0 amide bonds. The molecule has 0 radical (unpaired) electrons. The van der Waals surface area contributed by atoms with Crippen LogP contribution in [0.15, 0.2) is 255 Å². The fourth-order valence-corrected chi connectivity index (χ4v) is 12.0. The standard InChI is InChI=1S/C70H42/c1-3-11-43(12-4-1)51-19-9-20-53(37-51)57-21-10-22-58-64(57)41-56(42-65(58)59-33-29-49-25-23-45-15-7-17-47-31-35-61(59)69(49)67(45)47)55-38-54-28-27-52(44-13-5-2-6-14-44)39-63(54)66(40-55)60-34-30-50-26-24-46-16-8-18-48-32-36-62(60)70(50)68(46)48/h1-42H. The maximum absolute atomic E-state index is 2.48. The van der Waals surface area contributed by atoms with E-state index in [2.05, 4.69) is 255 Å². The Bertz CT molecular complexity index is 4530. The van der Waals surface area contributed by atoms with Crippen molar-refractivity contribution in [2.75, 3.05) is 0 Å². The second-order valence-corrected chi connectivity index (χ2v) is 19.1. The van der Waals surface area contributed by atoms with E-state index >= 15 is 0 Å². The third-order valence-electron chi connectivity index (χ3n) is 15.3. The fourth-order valence-electron chi connectivity index (χ4n) is 12.0. The first-order valence-electron chi connectivity index (χ1n) is 24.4. The normalized spacial score (nSPS) is 12.0. The van der Waals surface area contributed by atoms with Gasteiger partial charge < -0.3 is 0 Å². The third kappa shape index (κ3) is 5.97. The summed E-state index contributed by atoms with van der Waals surface area (Å²) in [5.74, 6) is 0. The summed E-state index contributed by atoms with van der Waals surface area (Å²) in [4.78, 5) is 0. The van der Waals surface area contributed by atoms with Gasteiger partial charge in [-0.1, -0.05) is 218 Å². The SMILES string of the molecule is c1ccc(-c2cccc(-c3cccc4c(-c5ccc6ccc7cccc8ccc5c6c78)cc(-c5cc(-c6ccc7ccc8cccc9ccc6c7c89)c6cc(-c7ccccc7)ccc6c5)cc34)c2)cc1.